The summed E-state index contributed by atoms with van der Waals surface area (Å²) in [5, 5.41) is 13.9. The van der Waals surface area contributed by atoms with Crippen molar-refractivity contribution in [1.29, 1.82) is 0 Å². The Kier molecular flexibility index (Phi) is 5.40. The summed E-state index contributed by atoms with van der Waals surface area (Å²) in [6, 6.07) is 5.22. The van der Waals surface area contributed by atoms with Crippen molar-refractivity contribution >= 4 is 15.7 Å². The fourth-order valence-corrected chi connectivity index (χ4v) is 2.87. The van der Waals surface area contributed by atoms with Crippen molar-refractivity contribution in [3.05, 3.63) is 34.4 Å². The Labute approximate surface area is 112 Å². The molecule has 7 nitrogen and oxygen atoms in total. The van der Waals surface area contributed by atoms with Crippen LogP contribution in [0.3, 0.4) is 0 Å². The molecule has 0 amide bonds. The molecule has 0 aromatic heterocycles. The minimum Gasteiger partial charge on any atom is -0.313 e. The molecule has 1 atom stereocenters. The first-order valence-corrected chi connectivity index (χ1v) is 7.33. The van der Waals surface area contributed by atoms with Crippen LogP contribution in [0.1, 0.15) is 13.8 Å². The van der Waals surface area contributed by atoms with Gasteiger partial charge in [0.05, 0.1) is 4.92 Å². The Hall–Kier alpha value is -1.51. The Balaban J connectivity index is 2.92. The van der Waals surface area contributed by atoms with E-state index in [0.29, 0.717) is 6.54 Å². The van der Waals surface area contributed by atoms with Crippen LogP contribution in [0.2, 0.25) is 0 Å². The molecular formula is C11H17N3O4S. The van der Waals surface area contributed by atoms with Crippen molar-refractivity contribution in [1.82, 2.24) is 10.0 Å². The maximum Gasteiger partial charge on any atom is 0.289 e. The number of hydrogen-bond acceptors (Lipinski definition) is 5. The summed E-state index contributed by atoms with van der Waals surface area (Å²) in [6.45, 7) is 4.62. The minimum atomic E-state index is -3.88. The van der Waals surface area contributed by atoms with Crippen LogP contribution in [0.5, 0.6) is 0 Å². The van der Waals surface area contributed by atoms with E-state index >= 15 is 0 Å². The van der Waals surface area contributed by atoms with Gasteiger partial charge in [0.1, 0.15) is 0 Å². The standard InChI is InChI=1S/C11H17N3O4S/c1-3-12-9(2)8-13-19(17,18)11-7-5-4-6-10(11)14(15)16/h4-7,9,12-13H,3,8H2,1-2H3/t9-/m1/s1. The molecule has 0 unspecified atom stereocenters. The Bertz CT molecular complexity index is 545. The van der Waals surface area contributed by atoms with Crippen molar-refractivity contribution in [2.45, 2.75) is 24.8 Å². The quantitative estimate of drug-likeness (QED) is 0.572. The molecule has 106 valence electrons. The van der Waals surface area contributed by atoms with Gasteiger partial charge in [-0.05, 0) is 19.5 Å². The summed E-state index contributed by atoms with van der Waals surface area (Å²) < 4.78 is 26.4. The fourth-order valence-electron chi connectivity index (χ4n) is 1.57. The molecule has 0 bridgehead atoms. The van der Waals surface area contributed by atoms with Crippen LogP contribution in [-0.4, -0.2) is 32.5 Å². The maximum absolute atomic E-state index is 12.0. The van der Waals surface area contributed by atoms with Gasteiger partial charge in [-0.3, -0.25) is 10.1 Å². The van der Waals surface area contributed by atoms with Crippen molar-refractivity contribution in [2.75, 3.05) is 13.1 Å². The van der Waals surface area contributed by atoms with E-state index in [9.17, 15) is 18.5 Å². The number of nitro groups is 1. The summed E-state index contributed by atoms with van der Waals surface area (Å²) in [5.74, 6) is 0. The number of likely N-dealkylation sites (N-methyl/N-ethyl adjacent to an activating group) is 1. The smallest absolute Gasteiger partial charge is 0.289 e. The molecule has 1 aromatic carbocycles. The van der Waals surface area contributed by atoms with E-state index < -0.39 is 20.6 Å². The van der Waals surface area contributed by atoms with Gasteiger partial charge in [-0.1, -0.05) is 19.1 Å². The number of nitrogens with one attached hydrogen (secondary N) is 2. The highest BCUT2D eigenvalue weighted by Crippen LogP contribution is 2.22. The van der Waals surface area contributed by atoms with Crippen LogP contribution in [0.4, 0.5) is 5.69 Å². The Morgan fingerprint density at radius 2 is 2.00 bits per heavy atom. The predicted octanol–water partition coefficient (Wildman–Crippen LogP) is 0.871. The highest BCUT2D eigenvalue weighted by atomic mass is 32.2. The van der Waals surface area contributed by atoms with Gasteiger partial charge in [0.2, 0.25) is 10.0 Å². The van der Waals surface area contributed by atoms with E-state index in [-0.39, 0.29) is 17.5 Å². The van der Waals surface area contributed by atoms with Crippen molar-refractivity contribution in [3.8, 4) is 0 Å². The van der Waals surface area contributed by atoms with Crippen molar-refractivity contribution < 1.29 is 13.3 Å². The first-order valence-electron chi connectivity index (χ1n) is 5.85. The first kappa shape index (κ1) is 15.5. The van der Waals surface area contributed by atoms with Gasteiger partial charge in [0.25, 0.3) is 5.69 Å². The highest BCUT2D eigenvalue weighted by Gasteiger charge is 2.24. The molecule has 0 aliphatic carbocycles. The number of hydrogen-bond donors (Lipinski definition) is 2. The predicted molar refractivity (Wildman–Crippen MR) is 71.4 cm³/mol. The van der Waals surface area contributed by atoms with E-state index in [2.05, 4.69) is 10.0 Å². The van der Waals surface area contributed by atoms with Crippen molar-refractivity contribution in [3.63, 3.8) is 0 Å². The lowest BCUT2D eigenvalue weighted by Gasteiger charge is -2.13. The van der Waals surface area contributed by atoms with Gasteiger partial charge in [-0.25, -0.2) is 13.1 Å². The molecule has 19 heavy (non-hydrogen) atoms. The van der Waals surface area contributed by atoms with Crippen LogP contribution in [0, 0.1) is 10.1 Å². The molecule has 1 rings (SSSR count). The topological polar surface area (TPSA) is 101 Å². The monoisotopic (exact) mass is 287 g/mol. The van der Waals surface area contributed by atoms with E-state index in [1.165, 1.54) is 24.3 Å². The van der Waals surface area contributed by atoms with Gasteiger partial charge >= 0.3 is 0 Å². The molecule has 0 aliphatic heterocycles. The van der Waals surface area contributed by atoms with Gasteiger partial charge in [0.15, 0.2) is 4.90 Å². The molecule has 0 aliphatic rings. The highest BCUT2D eigenvalue weighted by molar-refractivity contribution is 7.89. The summed E-state index contributed by atoms with van der Waals surface area (Å²) >= 11 is 0. The van der Waals surface area contributed by atoms with Crippen LogP contribution in [0.15, 0.2) is 29.2 Å². The third-order valence-electron chi connectivity index (χ3n) is 2.48. The second-order valence-electron chi connectivity index (χ2n) is 4.04. The van der Waals surface area contributed by atoms with E-state index in [0.717, 1.165) is 0 Å². The number of para-hydroxylation sites is 1. The third-order valence-corrected chi connectivity index (χ3v) is 3.95. The molecule has 0 saturated carbocycles. The second-order valence-corrected chi connectivity index (χ2v) is 5.77. The fraction of sp³-hybridized carbons (Fsp3) is 0.455. The lowest BCUT2D eigenvalue weighted by molar-refractivity contribution is -0.387. The van der Waals surface area contributed by atoms with Gasteiger partial charge in [-0.2, -0.15) is 0 Å². The van der Waals surface area contributed by atoms with Crippen molar-refractivity contribution in [2.24, 2.45) is 0 Å². The Morgan fingerprint density at radius 1 is 1.37 bits per heavy atom. The molecule has 0 fully saturated rings. The first-order chi connectivity index (χ1) is 8.88. The second kappa shape index (κ2) is 6.60. The largest absolute Gasteiger partial charge is 0.313 e. The molecular weight excluding hydrogens is 270 g/mol. The zero-order chi connectivity index (χ0) is 14.5. The third kappa shape index (κ3) is 4.27. The summed E-state index contributed by atoms with van der Waals surface area (Å²) in [6.07, 6.45) is 0. The summed E-state index contributed by atoms with van der Waals surface area (Å²) in [5.41, 5.74) is -0.425. The van der Waals surface area contributed by atoms with Crippen LogP contribution < -0.4 is 10.0 Å². The average Bonchev–Trinajstić information content (AvgIpc) is 2.37. The number of rotatable bonds is 7. The van der Waals surface area contributed by atoms with E-state index in [4.69, 9.17) is 0 Å². The van der Waals surface area contributed by atoms with Crippen LogP contribution >= 0.6 is 0 Å². The SMILES string of the molecule is CCN[C@H](C)CNS(=O)(=O)c1ccccc1[N+](=O)[O-]. The van der Waals surface area contributed by atoms with Crippen LogP contribution in [0.25, 0.3) is 0 Å². The molecule has 0 radical (unpaired) electrons. The van der Waals surface area contributed by atoms with Gasteiger partial charge in [0, 0.05) is 18.7 Å². The normalized spacial score (nSPS) is 13.2. The zero-order valence-corrected chi connectivity index (χ0v) is 11.6. The molecule has 0 saturated heterocycles. The number of benzene rings is 1. The minimum absolute atomic E-state index is 0.0532. The van der Waals surface area contributed by atoms with Gasteiger partial charge < -0.3 is 5.32 Å². The summed E-state index contributed by atoms with van der Waals surface area (Å²) in [7, 11) is -3.88. The molecule has 0 spiro atoms. The van der Waals surface area contributed by atoms with Crippen LogP contribution in [-0.2, 0) is 10.0 Å². The molecule has 8 heteroatoms. The number of nitro benzene ring substituents is 1. The summed E-state index contributed by atoms with van der Waals surface area (Å²) in [4.78, 5) is 9.79. The lowest BCUT2D eigenvalue weighted by atomic mass is 10.3. The van der Waals surface area contributed by atoms with E-state index in [1.807, 2.05) is 13.8 Å². The zero-order valence-electron chi connectivity index (χ0n) is 10.8. The lowest BCUT2D eigenvalue weighted by Crippen LogP contribution is -2.38. The molecule has 2 N–H and O–H groups in total. The molecule has 0 heterocycles. The Morgan fingerprint density at radius 3 is 2.58 bits per heavy atom. The number of nitrogens with zero attached hydrogens (tertiary/aromatic N) is 1. The van der Waals surface area contributed by atoms with E-state index in [1.54, 1.807) is 0 Å². The number of sulfonamides is 1. The molecule has 1 aromatic rings. The van der Waals surface area contributed by atoms with Gasteiger partial charge in [-0.15, -0.1) is 0 Å². The average molecular weight is 287 g/mol. The maximum atomic E-state index is 12.0.